The van der Waals surface area contributed by atoms with Crippen LogP contribution in [0.5, 0.6) is 0 Å². The highest BCUT2D eigenvalue weighted by atomic mass is 32.2. The van der Waals surface area contributed by atoms with Crippen molar-refractivity contribution < 1.29 is 13.2 Å². The maximum absolute atomic E-state index is 12.4. The van der Waals surface area contributed by atoms with Crippen LogP contribution in [0.25, 0.3) is 16.9 Å². The minimum Gasteiger partial charge on any atom is -0.322 e. The van der Waals surface area contributed by atoms with E-state index in [1.165, 1.54) is 6.20 Å². The van der Waals surface area contributed by atoms with Gasteiger partial charge < -0.3 is 5.32 Å². The first-order chi connectivity index (χ1) is 13.4. The van der Waals surface area contributed by atoms with Gasteiger partial charge in [0.25, 0.3) is 5.91 Å². The van der Waals surface area contributed by atoms with Gasteiger partial charge in [0.05, 0.1) is 11.0 Å². The maximum Gasteiger partial charge on any atom is 0.255 e. The summed E-state index contributed by atoms with van der Waals surface area (Å²) in [7, 11) is -3.54. The van der Waals surface area contributed by atoms with E-state index in [1.807, 2.05) is 6.07 Å². The van der Waals surface area contributed by atoms with Gasteiger partial charge in [0.1, 0.15) is 12.1 Å². The van der Waals surface area contributed by atoms with E-state index in [0.29, 0.717) is 28.1 Å². The largest absolute Gasteiger partial charge is 0.322 e. The van der Waals surface area contributed by atoms with Crippen LogP contribution >= 0.6 is 0 Å². The molecule has 2 aromatic carbocycles. The van der Waals surface area contributed by atoms with Crippen LogP contribution in [0.15, 0.2) is 72.3 Å². The minimum absolute atomic E-state index is 0.229. The Morgan fingerprint density at radius 1 is 1.04 bits per heavy atom. The number of anilines is 1. The lowest BCUT2D eigenvalue weighted by Gasteiger charge is -2.08. The van der Waals surface area contributed by atoms with Gasteiger partial charge in [0.2, 0.25) is 15.0 Å². The quantitative estimate of drug-likeness (QED) is 0.534. The molecule has 4 aromatic rings. The van der Waals surface area contributed by atoms with Gasteiger partial charge in [-0.15, -0.1) is 0 Å². The number of fused-ring (bicyclic) bond motifs is 1. The topological polar surface area (TPSA) is 107 Å². The van der Waals surface area contributed by atoms with E-state index in [-0.39, 0.29) is 11.1 Å². The summed E-state index contributed by atoms with van der Waals surface area (Å²) in [5, 5.41) is 2.58. The van der Waals surface area contributed by atoms with E-state index in [0.717, 1.165) is 6.26 Å². The first kappa shape index (κ1) is 17.8. The third-order valence-electron chi connectivity index (χ3n) is 4.04. The maximum atomic E-state index is 12.4. The Labute approximate surface area is 160 Å². The van der Waals surface area contributed by atoms with Crippen molar-refractivity contribution in [3.05, 3.63) is 72.7 Å². The summed E-state index contributed by atoms with van der Waals surface area (Å²) in [4.78, 5) is 24.6. The number of rotatable bonds is 4. The number of hydrogen-bond donors (Lipinski definition) is 1. The molecule has 2 heterocycles. The molecular formula is C19H15N5O3S. The van der Waals surface area contributed by atoms with Crippen LogP contribution in [0.3, 0.4) is 0 Å². The van der Waals surface area contributed by atoms with E-state index in [1.54, 1.807) is 59.4 Å². The molecule has 1 amide bonds. The lowest BCUT2D eigenvalue weighted by molar-refractivity contribution is 0.102. The average Bonchev–Trinajstić information content (AvgIpc) is 3.11. The van der Waals surface area contributed by atoms with Crippen LogP contribution in [0.4, 0.5) is 5.69 Å². The monoisotopic (exact) mass is 393 g/mol. The predicted molar refractivity (Wildman–Crippen MR) is 104 cm³/mol. The second-order valence-corrected chi connectivity index (χ2v) is 8.02. The summed E-state index contributed by atoms with van der Waals surface area (Å²) in [6.45, 7) is 0. The Hall–Kier alpha value is -3.59. The second kappa shape index (κ2) is 6.86. The predicted octanol–water partition coefficient (Wildman–Crippen LogP) is 2.47. The van der Waals surface area contributed by atoms with Gasteiger partial charge in [-0.1, -0.05) is 18.2 Å². The number of nitrogens with zero attached hydrogens (tertiary/aromatic N) is 4. The van der Waals surface area contributed by atoms with E-state index in [4.69, 9.17) is 0 Å². The molecule has 0 aliphatic rings. The number of hydrogen-bond acceptors (Lipinski definition) is 6. The zero-order chi connectivity index (χ0) is 19.7. The fourth-order valence-corrected chi connectivity index (χ4v) is 3.22. The van der Waals surface area contributed by atoms with Gasteiger partial charge in [-0.2, -0.15) is 0 Å². The molecule has 28 heavy (non-hydrogen) atoms. The number of aromatic nitrogens is 4. The zero-order valence-electron chi connectivity index (χ0n) is 14.8. The minimum atomic E-state index is -3.54. The normalized spacial score (nSPS) is 11.5. The number of amides is 1. The van der Waals surface area contributed by atoms with Crippen LogP contribution in [-0.2, 0) is 9.84 Å². The number of nitrogens with one attached hydrogen (secondary N) is 1. The molecule has 8 nitrogen and oxygen atoms in total. The van der Waals surface area contributed by atoms with Gasteiger partial charge in [-0.05, 0) is 36.4 Å². The first-order valence-corrected chi connectivity index (χ1v) is 10.2. The van der Waals surface area contributed by atoms with E-state index in [9.17, 15) is 13.2 Å². The van der Waals surface area contributed by atoms with Crippen molar-refractivity contribution in [2.45, 2.75) is 5.16 Å². The van der Waals surface area contributed by atoms with Crippen molar-refractivity contribution in [1.29, 1.82) is 0 Å². The fourth-order valence-electron chi connectivity index (χ4n) is 2.71. The van der Waals surface area contributed by atoms with Crippen LogP contribution < -0.4 is 5.32 Å². The lowest BCUT2D eigenvalue weighted by atomic mass is 10.2. The molecule has 0 saturated heterocycles. The van der Waals surface area contributed by atoms with Crippen molar-refractivity contribution in [2.75, 3.05) is 11.6 Å². The Kier molecular flexibility index (Phi) is 4.36. The molecule has 0 bridgehead atoms. The van der Waals surface area contributed by atoms with Crippen LogP contribution in [0.2, 0.25) is 0 Å². The third-order valence-corrected chi connectivity index (χ3v) is 4.90. The molecule has 0 unspecified atom stereocenters. The van der Waals surface area contributed by atoms with Gasteiger partial charge in [-0.3, -0.25) is 9.36 Å². The number of imidazole rings is 1. The first-order valence-electron chi connectivity index (χ1n) is 8.29. The number of carbonyl (C=O) groups excluding carboxylic acids is 1. The third kappa shape index (κ3) is 3.47. The highest BCUT2D eigenvalue weighted by molar-refractivity contribution is 7.90. The summed E-state index contributed by atoms with van der Waals surface area (Å²) in [5.74, 6) is 0.136. The molecule has 4 rings (SSSR count). The van der Waals surface area contributed by atoms with Crippen molar-refractivity contribution in [3.63, 3.8) is 0 Å². The molecule has 0 atom stereocenters. The molecule has 0 spiro atoms. The molecule has 9 heteroatoms. The van der Waals surface area contributed by atoms with Crippen molar-refractivity contribution >= 4 is 32.5 Å². The lowest BCUT2D eigenvalue weighted by Crippen LogP contribution is -2.11. The second-order valence-electron chi connectivity index (χ2n) is 6.11. The van der Waals surface area contributed by atoms with Crippen LogP contribution in [0, 0.1) is 0 Å². The number of sulfone groups is 1. The van der Waals surface area contributed by atoms with Crippen LogP contribution in [0.1, 0.15) is 10.4 Å². The Bertz CT molecular complexity index is 1280. The van der Waals surface area contributed by atoms with Crippen LogP contribution in [-0.4, -0.2) is 40.1 Å². The van der Waals surface area contributed by atoms with E-state index < -0.39 is 9.84 Å². The molecule has 0 aliphatic carbocycles. The Morgan fingerprint density at radius 2 is 1.82 bits per heavy atom. The highest BCUT2D eigenvalue weighted by Crippen LogP contribution is 2.22. The summed E-state index contributed by atoms with van der Waals surface area (Å²) >= 11 is 0. The van der Waals surface area contributed by atoms with Gasteiger partial charge in [-0.25, -0.2) is 23.4 Å². The molecule has 2 aromatic heterocycles. The highest BCUT2D eigenvalue weighted by Gasteiger charge is 2.14. The summed E-state index contributed by atoms with van der Waals surface area (Å²) in [6, 6.07) is 15.7. The van der Waals surface area contributed by atoms with Gasteiger partial charge in [0, 0.05) is 23.7 Å². The summed E-state index contributed by atoms with van der Waals surface area (Å²) in [5.41, 5.74) is 2.48. The molecule has 140 valence electrons. The molecule has 0 fully saturated rings. The van der Waals surface area contributed by atoms with Gasteiger partial charge >= 0.3 is 0 Å². The zero-order valence-corrected chi connectivity index (χ0v) is 15.6. The standard InChI is InChI=1S/C19H15N5O3S/c1-28(26,27)19-20-10-9-17(23-19)24-12-21-15-8-7-14(11-16(15)24)22-18(25)13-5-3-2-4-6-13/h2-12H,1H3,(H,22,25). The van der Waals surface area contributed by atoms with Crippen molar-refractivity contribution in [1.82, 2.24) is 19.5 Å². The van der Waals surface area contributed by atoms with Crippen molar-refractivity contribution in [2.24, 2.45) is 0 Å². The molecule has 0 aliphatic heterocycles. The summed E-state index contributed by atoms with van der Waals surface area (Å²) in [6.07, 6.45) is 3.97. The molecule has 0 saturated carbocycles. The Morgan fingerprint density at radius 3 is 2.57 bits per heavy atom. The summed E-state index contributed by atoms with van der Waals surface area (Å²) < 4.78 is 25.1. The molecular weight excluding hydrogens is 378 g/mol. The number of benzene rings is 2. The smallest absolute Gasteiger partial charge is 0.255 e. The average molecular weight is 393 g/mol. The van der Waals surface area contributed by atoms with E-state index >= 15 is 0 Å². The van der Waals surface area contributed by atoms with E-state index in [2.05, 4.69) is 20.3 Å². The fraction of sp³-hybridized carbons (Fsp3) is 0.0526. The molecule has 1 N–H and O–H groups in total. The van der Waals surface area contributed by atoms with Gasteiger partial charge in [0.15, 0.2) is 0 Å². The Balaban J connectivity index is 1.72. The molecule has 0 radical (unpaired) electrons. The van der Waals surface area contributed by atoms with Crippen molar-refractivity contribution in [3.8, 4) is 5.82 Å². The SMILES string of the molecule is CS(=O)(=O)c1nccc(-n2cnc3ccc(NC(=O)c4ccccc4)cc32)n1. The number of carbonyl (C=O) groups is 1.